The Morgan fingerprint density at radius 2 is 1.13 bits per heavy atom. The molecule has 0 atom stereocenters. The average Bonchev–Trinajstić information content (AvgIpc) is 2.28. The Hall–Kier alpha value is -2.34. The van der Waals surface area contributed by atoms with Gasteiger partial charge < -0.3 is 14.2 Å². The Bertz CT molecular complexity index is 573. The van der Waals surface area contributed by atoms with Gasteiger partial charge >= 0.3 is 19.1 Å². The van der Waals surface area contributed by atoms with E-state index in [1.807, 2.05) is 0 Å². The molecule has 1 rings (SSSR count). The smallest absolute Gasteiger partial charge is 0.402 e. The van der Waals surface area contributed by atoms with Gasteiger partial charge in [-0.25, -0.2) is 0 Å². The minimum Gasteiger partial charge on any atom is -0.402 e. The van der Waals surface area contributed by atoms with Crippen LogP contribution in [0.5, 0.6) is 17.2 Å². The van der Waals surface area contributed by atoms with Crippen molar-refractivity contribution in [2.24, 2.45) is 0 Å². The molecule has 1 aromatic rings. The van der Waals surface area contributed by atoms with Gasteiger partial charge in [-0.2, -0.15) is 0 Å². The predicted octanol–water partition coefficient (Wildman–Crippen LogP) is 4.19. The molecule has 0 aliphatic heterocycles. The second-order valence-corrected chi connectivity index (χ2v) is 3.57. The van der Waals surface area contributed by atoms with Crippen molar-refractivity contribution in [1.29, 1.82) is 0 Å². The summed E-state index contributed by atoms with van der Waals surface area (Å²) in [4.78, 5) is 10.6. The average molecular weight is 358 g/mol. The molecule has 13 heteroatoms. The van der Waals surface area contributed by atoms with E-state index in [2.05, 4.69) is 14.2 Å². The molecule has 0 heterocycles. The molecule has 0 unspecified atom stereocenters. The van der Waals surface area contributed by atoms with Crippen LogP contribution in [-0.4, -0.2) is 25.4 Å². The summed E-state index contributed by atoms with van der Waals surface area (Å²) in [5, 5.41) is 0. The Kier molecular flexibility index (Phi) is 4.91. The fourth-order valence-corrected chi connectivity index (χ4v) is 1.29. The Morgan fingerprint density at radius 1 is 0.696 bits per heavy atom. The minimum atomic E-state index is -5.69. The number of halogens is 9. The fourth-order valence-electron chi connectivity index (χ4n) is 1.29. The molecule has 0 saturated carbocycles. The lowest BCUT2D eigenvalue weighted by atomic mass is 10.2. The van der Waals surface area contributed by atoms with Gasteiger partial charge in [0.2, 0.25) is 5.75 Å². The van der Waals surface area contributed by atoms with Crippen LogP contribution in [0.4, 0.5) is 39.5 Å². The van der Waals surface area contributed by atoms with E-state index in [4.69, 9.17) is 0 Å². The van der Waals surface area contributed by atoms with E-state index in [9.17, 15) is 44.3 Å². The van der Waals surface area contributed by atoms with Crippen LogP contribution in [0.3, 0.4) is 0 Å². The molecule has 23 heavy (non-hydrogen) atoms. The first kappa shape index (κ1) is 18.7. The van der Waals surface area contributed by atoms with E-state index in [1.165, 1.54) is 0 Å². The molecule has 0 aliphatic carbocycles. The fraction of sp³-hybridized carbons (Fsp3) is 0.300. The number of hydrogen-bond donors (Lipinski definition) is 0. The van der Waals surface area contributed by atoms with Gasteiger partial charge in [-0.3, -0.25) is 4.79 Å². The number of ether oxygens (including phenoxy) is 3. The molecule has 0 aliphatic rings. The highest BCUT2D eigenvalue weighted by Gasteiger charge is 2.41. The number of aldehydes is 1. The molecule has 0 fully saturated rings. The quantitative estimate of drug-likeness (QED) is 0.598. The highest BCUT2D eigenvalue weighted by molar-refractivity contribution is 5.82. The first-order valence-electron chi connectivity index (χ1n) is 5.11. The van der Waals surface area contributed by atoms with Gasteiger partial charge in [0.1, 0.15) is 0 Å². The molecule has 0 radical (unpaired) electrons. The SMILES string of the molecule is O=Cc1ccc(OC(F)(F)F)c(OC(F)(F)F)c1OC(F)(F)F. The van der Waals surface area contributed by atoms with E-state index in [1.54, 1.807) is 0 Å². The molecule has 0 saturated heterocycles. The van der Waals surface area contributed by atoms with Crippen molar-refractivity contribution in [3.05, 3.63) is 17.7 Å². The predicted molar refractivity (Wildman–Crippen MR) is 51.9 cm³/mol. The Morgan fingerprint density at radius 3 is 1.52 bits per heavy atom. The molecule has 0 amide bonds. The Balaban J connectivity index is 3.53. The van der Waals surface area contributed by atoms with Crippen LogP contribution in [0, 0.1) is 0 Å². The molecular weight excluding hydrogens is 355 g/mol. The van der Waals surface area contributed by atoms with Crippen molar-refractivity contribution in [3.63, 3.8) is 0 Å². The summed E-state index contributed by atoms with van der Waals surface area (Å²) >= 11 is 0. The van der Waals surface area contributed by atoms with Crippen molar-refractivity contribution in [3.8, 4) is 17.2 Å². The summed E-state index contributed by atoms with van der Waals surface area (Å²) in [6.45, 7) is 0. The van der Waals surface area contributed by atoms with Crippen LogP contribution in [0.1, 0.15) is 10.4 Å². The molecular formula is C10H3F9O4. The second kappa shape index (κ2) is 6.04. The van der Waals surface area contributed by atoms with Crippen molar-refractivity contribution in [1.82, 2.24) is 0 Å². The maximum atomic E-state index is 12.2. The highest BCUT2D eigenvalue weighted by atomic mass is 19.4. The van der Waals surface area contributed by atoms with Gasteiger partial charge in [-0.1, -0.05) is 0 Å². The first-order valence-corrected chi connectivity index (χ1v) is 5.11. The van der Waals surface area contributed by atoms with Crippen LogP contribution in [0.2, 0.25) is 0 Å². The third-order valence-electron chi connectivity index (χ3n) is 1.89. The largest absolute Gasteiger partial charge is 0.573 e. The summed E-state index contributed by atoms with van der Waals surface area (Å²) < 4.78 is 119. The van der Waals surface area contributed by atoms with E-state index >= 15 is 0 Å². The molecule has 0 aromatic heterocycles. The van der Waals surface area contributed by atoms with Gasteiger partial charge in [0, 0.05) is 0 Å². The van der Waals surface area contributed by atoms with Crippen molar-refractivity contribution in [2.75, 3.05) is 0 Å². The van der Waals surface area contributed by atoms with Gasteiger partial charge in [0.15, 0.2) is 17.8 Å². The molecule has 130 valence electrons. The first-order chi connectivity index (χ1) is 10.2. The number of carbonyl (C=O) groups excluding carboxylic acids is 1. The number of hydrogen-bond acceptors (Lipinski definition) is 4. The zero-order valence-electron chi connectivity index (χ0n) is 10.3. The normalized spacial score (nSPS) is 12.7. The summed E-state index contributed by atoms with van der Waals surface area (Å²) in [7, 11) is 0. The lowest BCUT2D eigenvalue weighted by Gasteiger charge is -2.20. The maximum absolute atomic E-state index is 12.2. The van der Waals surface area contributed by atoms with Gasteiger partial charge in [0.05, 0.1) is 5.56 Å². The standard InChI is InChI=1S/C10H3F9O4/c11-8(12,13)21-5-2-1-4(3-20)6(22-9(14,15)16)7(5)23-10(17,18)19/h1-3H. The Labute approximate surface area is 120 Å². The highest BCUT2D eigenvalue weighted by Crippen LogP contribution is 2.46. The van der Waals surface area contributed by atoms with Crippen molar-refractivity contribution in [2.45, 2.75) is 19.1 Å². The lowest BCUT2D eigenvalue weighted by Crippen LogP contribution is -2.24. The third-order valence-corrected chi connectivity index (χ3v) is 1.89. The summed E-state index contributed by atoms with van der Waals surface area (Å²) in [6.07, 6.45) is -17.2. The minimum absolute atomic E-state index is 0.168. The lowest BCUT2D eigenvalue weighted by molar-refractivity contribution is -0.293. The summed E-state index contributed by atoms with van der Waals surface area (Å²) in [6, 6.07) is 0.500. The van der Waals surface area contributed by atoms with Crippen LogP contribution in [-0.2, 0) is 0 Å². The topological polar surface area (TPSA) is 44.8 Å². The zero-order chi connectivity index (χ0) is 18.1. The van der Waals surface area contributed by atoms with Crippen LogP contribution in [0.25, 0.3) is 0 Å². The molecule has 1 aromatic carbocycles. The zero-order valence-corrected chi connectivity index (χ0v) is 10.3. The van der Waals surface area contributed by atoms with Crippen LogP contribution < -0.4 is 14.2 Å². The number of carbonyl (C=O) groups is 1. The van der Waals surface area contributed by atoms with E-state index in [0.29, 0.717) is 6.07 Å². The number of benzene rings is 1. The van der Waals surface area contributed by atoms with Gasteiger partial charge in [-0.05, 0) is 12.1 Å². The summed E-state index contributed by atoms with van der Waals surface area (Å²) in [5.41, 5.74) is -1.14. The summed E-state index contributed by atoms with van der Waals surface area (Å²) in [5.74, 6) is -5.80. The van der Waals surface area contributed by atoms with E-state index in [-0.39, 0.29) is 12.4 Å². The number of rotatable bonds is 4. The van der Waals surface area contributed by atoms with Crippen molar-refractivity contribution >= 4 is 6.29 Å². The van der Waals surface area contributed by atoms with Crippen LogP contribution >= 0.6 is 0 Å². The van der Waals surface area contributed by atoms with E-state index in [0.717, 1.165) is 0 Å². The molecule has 0 spiro atoms. The van der Waals surface area contributed by atoms with Gasteiger partial charge in [-0.15, -0.1) is 39.5 Å². The maximum Gasteiger partial charge on any atom is 0.573 e. The van der Waals surface area contributed by atoms with Gasteiger partial charge in [0.25, 0.3) is 0 Å². The second-order valence-electron chi connectivity index (χ2n) is 3.57. The molecule has 0 bridgehead atoms. The molecule has 0 N–H and O–H groups in total. The van der Waals surface area contributed by atoms with Crippen LogP contribution in [0.15, 0.2) is 12.1 Å². The third kappa shape index (κ3) is 6.12. The molecule has 4 nitrogen and oxygen atoms in total. The monoisotopic (exact) mass is 358 g/mol. The van der Waals surface area contributed by atoms with E-state index < -0.39 is 41.9 Å². The number of alkyl halides is 9. The van der Waals surface area contributed by atoms with Crippen molar-refractivity contribution < 1.29 is 58.5 Å².